The summed E-state index contributed by atoms with van der Waals surface area (Å²) in [6.07, 6.45) is 5.79. The standard InChI is InChI=1S/C16H19N3O/c1-12-6-8-14(9-7-12)18-11-13(10-17)16(20)19-15-4-2-3-5-15/h6-9,11,15,18H,2-5H2,1H3,(H,19,20)/b13-11-. The van der Waals surface area contributed by atoms with Gasteiger partial charge >= 0.3 is 0 Å². The van der Waals surface area contributed by atoms with Crippen LogP contribution < -0.4 is 10.6 Å². The molecule has 1 saturated carbocycles. The van der Waals surface area contributed by atoms with Gasteiger partial charge in [-0.15, -0.1) is 0 Å². The lowest BCUT2D eigenvalue weighted by molar-refractivity contribution is -0.117. The second-order valence-electron chi connectivity index (χ2n) is 5.14. The largest absolute Gasteiger partial charge is 0.360 e. The molecule has 104 valence electrons. The first-order valence-electron chi connectivity index (χ1n) is 6.93. The summed E-state index contributed by atoms with van der Waals surface area (Å²) in [5.74, 6) is -0.293. The number of anilines is 1. The van der Waals surface area contributed by atoms with E-state index in [1.807, 2.05) is 37.3 Å². The molecular formula is C16H19N3O. The van der Waals surface area contributed by atoms with Crippen molar-refractivity contribution in [1.82, 2.24) is 5.32 Å². The molecule has 1 aromatic carbocycles. The van der Waals surface area contributed by atoms with E-state index in [4.69, 9.17) is 5.26 Å². The van der Waals surface area contributed by atoms with Crippen molar-refractivity contribution >= 4 is 11.6 Å². The van der Waals surface area contributed by atoms with Crippen molar-refractivity contribution in [2.75, 3.05) is 5.32 Å². The van der Waals surface area contributed by atoms with Gasteiger partial charge < -0.3 is 10.6 Å². The third kappa shape index (κ3) is 3.86. The molecule has 0 aromatic heterocycles. The van der Waals surface area contributed by atoms with E-state index in [9.17, 15) is 4.79 Å². The maximum Gasteiger partial charge on any atom is 0.263 e. The number of amides is 1. The molecule has 2 N–H and O–H groups in total. The Kier molecular flexibility index (Phi) is 4.78. The first kappa shape index (κ1) is 14.1. The monoisotopic (exact) mass is 269 g/mol. The van der Waals surface area contributed by atoms with E-state index in [0.717, 1.165) is 31.4 Å². The van der Waals surface area contributed by atoms with Crippen LogP contribution in [0.25, 0.3) is 0 Å². The average Bonchev–Trinajstić information content (AvgIpc) is 2.94. The molecule has 20 heavy (non-hydrogen) atoms. The van der Waals surface area contributed by atoms with Crippen LogP contribution in [-0.4, -0.2) is 11.9 Å². The number of carbonyl (C=O) groups excluding carboxylic acids is 1. The number of hydrogen-bond donors (Lipinski definition) is 2. The van der Waals surface area contributed by atoms with Crippen LogP contribution in [0.15, 0.2) is 36.0 Å². The number of hydrogen-bond acceptors (Lipinski definition) is 3. The number of carbonyl (C=O) groups is 1. The quantitative estimate of drug-likeness (QED) is 0.652. The summed E-state index contributed by atoms with van der Waals surface area (Å²) in [5.41, 5.74) is 2.13. The summed E-state index contributed by atoms with van der Waals surface area (Å²) < 4.78 is 0. The second-order valence-corrected chi connectivity index (χ2v) is 5.14. The van der Waals surface area contributed by atoms with Gasteiger partial charge in [0.05, 0.1) is 0 Å². The minimum atomic E-state index is -0.293. The van der Waals surface area contributed by atoms with Crippen molar-refractivity contribution in [1.29, 1.82) is 5.26 Å². The van der Waals surface area contributed by atoms with Crippen molar-refractivity contribution in [3.8, 4) is 6.07 Å². The van der Waals surface area contributed by atoms with Gasteiger partial charge in [-0.25, -0.2) is 0 Å². The molecule has 0 unspecified atom stereocenters. The Morgan fingerprint density at radius 3 is 2.55 bits per heavy atom. The van der Waals surface area contributed by atoms with Crippen LogP contribution in [0.1, 0.15) is 31.2 Å². The van der Waals surface area contributed by atoms with Gasteiger partial charge in [0.25, 0.3) is 5.91 Å². The lowest BCUT2D eigenvalue weighted by Crippen LogP contribution is -2.33. The fraction of sp³-hybridized carbons (Fsp3) is 0.375. The van der Waals surface area contributed by atoms with E-state index in [1.165, 1.54) is 11.8 Å². The molecule has 0 heterocycles. The Morgan fingerprint density at radius 1 is 1.30 bits per heavy atom. The molecule has 1 amide bonds. The molecule has 1 aliphatic carbocycles. The molecule has 1 aromatic rings. The third-order valence-electron chi connectivity index (χ3n) is 3.49. The molecule has 1 aliphatic rings. The highest BCUT2D eigenvalue weighted by atomic mass is 16.1. The van der Waals surface area contributed by atoms with Crippen molar-refractivity contribution in [3.63, 3.8) is 0 Å². The first-order valence-corrected chi connectivity index (χ1v) is 6.93. The van der Waals surface area contributed by atoms with Gasteiger partial charge in [0, 0.05) is 17.9 Å². The van der Waals surface area contributed by atoms with Gasteiger partial charge in [-0.3, -0.25) is 4.79 Å². The maximum absolute atomic E-state index is 12.0. The van der Waals surface area contributed by atoms with Gasteiger partial charge in [-0.05, 0) is 31.9 Å². The minimum absolute atomic E-state index is 0.109. The number of nitriles is 1. The molecule has 4 heteroatoms. The highest BCUT2D eigenvalue weighted by molar-refractivity contribution is 5.97. The number of benzene rings is 1. The van der Waals surface area contributed by atoms with Crippen molar-refractivity contribution in [2.45, 2.75) is 38.6 Å². The predicted octanol–water partition coefficient (Wildman–Crippen LogP) is 2.87. The van der Waals surface area contributed by atoms with Gasteiger partial charge in [-0.1, -0.05) is 30.5 Å². The van der Waals surface area contributed by atoms with Crippen LogP contribution in [0.4, 0.5) is 5.69 Å². The normalized spacial score (nSPS) is 15.7. The summed E-state index contributed by atoms with van der Waals surface area (Å²) in [6.45, 7) is 2.01. The van der Waals surface area contributed by atoms with Gasteiger partial charge in [-0.2, -0.15) is 5.26 Å². The first-order chi connectivity index (χ1) is 9.69. The van der Waals surface area contributed by atoms with E-state index >= 15 is 0 Å². The molecule has 0 aliphatic heterocycles. The predicted molar refractivity (Wildman–Crippen MR) is 78.9 cm³/mol. The number of rotatable bonds is 4. The smallest absolute Gasteiger partial charge is 0.263 e. The highest BCUT2D eigenvalue weighted by Gasteiger charge is 2.19. The van der Waals surface area contributed by atoms with Crippen LogP contribution in [0, 0.1) is 18.3 Å². The van der Waals surface area contributed by atoms with E-state index in [2.05, 4.69) is 10.6 Å². The van der Waals surface area contributed by atoms with Crippen LogP contribution in [0.3, 0.4) is 0 Å². The van der Waals surface area contributed by atoms with Crippen LogP contribution in [0.2, 0.25) is 0 Å². The zero-order chi connectivity index (χ0) is 14.4. The number of nitrogens with one attached hydrogen (secondary N) is 2. The van der Waals surface area contributed by atoms with Crippen LogP contribution in [0.5, 0.6) is 0 Å². The average molecular weight is 269 g/mol. The molecule has 1 fully saturated rings. The Bertz CT molecular complexity index is 534. The van der Waals surface area contributed by atoms with Crippen molar-refractivity contribution < 1.29 is 4.79 Å². The molecular weight excluding hydrogens is 250 g/mol. The lowest BCUT2D eigenvalue weighted by Gasteiger charge is -2.11. The van der Waals surface area contributed by atoms with Gasteiger partial charge in [0.2, 0.25) is 0 Å². The third-order valence-corrected chi connectivity index (χ3v) is 3.49. The topological polar surface area (TPSA) is 64.9 Å². The van der Waals surface area contributed by atoms with Crippen molar-refractivity contribution in [2.24, 2.45) is 0 Å². The zero-order valence-electron chi connectivity index (χ0n) is 11.6. The van der Waals surface area contributed by atoms with Crippen LogP contribution >= 0.6 is 0 Å². The summed E-state index contributed by atoms with van der Waals surface area (Å²) in [4.78, 5) is 12.0. The summed E-state index contributed by atoms with van der Waals surface area (Å²) in [7, 11) is 0. The van der Waals surface area contributed by atoms with Crippen LogP contribution in [-0.2, 0) is 4.79 Å². The Morgan fingerprint density at radius 2 is 1.95 bits per heavy atom. The van der Waals surface area contributed by atoms with Gasteiger partial charge in [0.1, 0.15) is 11.6 Å². The number of aryl methyl sites for hydroxylation is 1. The molecule has 0 bridgehead atoms. The van der Waals surface area contributed by atoms with E-state index < -0.39 is 0 Å². The summed E-state index contributed by atoms with van der Waals surface area (Å²) in [5, 5.41) is 15.0. The fourth-order valence-electron chi connectivity index (χ4n) is 2.29. The van der Waals surface area contributed by atoms with E-state index in [0.29, 0.717) is 0 Å². The Hall–Kier alpha value is -2.28. The molecule has 0 radical (unpaired) electrons. The molecule has 0 spiro atoms. The van der Waals surface area contributed by atoms with E-state index in [-0.39, 0.29) is 17.5 Å². The summed E-state index contributed by atoms with van der Waals surface area (Å²) in [6, 6.07) is 9.94. The molecule has 4 nitrogen and oxygen atoms in total. The second kappa shape index (κ2) is 6.76. The minimum Gasteiger partial charge on any atom is -0.360 e. The van der Waals surface area contributed by atoms with Crippen molar-refractivity contribution in [3.05, 3.63) is 41.6 Å². The zero-order valence-corrected chi connectivity index (χ0v) is 11.6. The number of nitrogens with zero attached hydrogens (tertiary/aromatic N) is 1. The lowest BCUT2D eigenvalue weighted by atomic mass is 10.2. The molecule has 2 rings (SSSR count). The maximum atomic E-state index is 12.0. The SMILES string of the molecule is Cc1ccc(N/C=C(/C#N)C(=O)NC2CCCC2)cc1. The highest BCUT2D eigenvalue weighted by Crippen LogP contribution is 2.18. The molecule has 0 atom stereocenters. The van der Waals surface area contributed by atoms with Gasteiger partial charge in [0.15, 0.2) is 0 Å². The Balaban J connectivity index is 1.96. The fourth-order valence-corrected chi connectivity index (χ4v) is 2.29. The summed E-state index contributed by atoms with van der Waals surface area (Å²) >= 11 is 0. The Labute approximate surface area is 119 Å². The molecule has 0 saturated heterocycles. The van der Waals surface area contributed by atoms with E-state index in [1.54, 1.807) is 0 Å².